The standard InChI is InChI=1S/C18H20N6O/c1-23-8-10-24(11-9-23)15-5-3-14(4-6-15)19-18(25)13-2-7-16-17(12-13)21-22-20-16/h2-7,12H,8-11H2,1H3,(H,19,25)(H,20,21,22). The molecule has 1 saturated heterocycles. The third-order valence-electron chi connectivity index (χ3n) is 4.57. The Morgan fingerprint density at radius 2 is 1.72 bits per heavy atom. The van der Waals surface area contributed by atoms with Gasteiger partial charge < -0.3 is 15.1 Å². The van der Waals surface area contributed by atoms with Gasteiger partial charge in [0.05, 0.1) is 0 Å². The minimum Gasteiger partial charge on any atom is -0.369 e. The number of H-pyrrole nitrogens is 1. The molecule has 128 valence electrons. The van der Waals surface area contributed by atoms with Gasteiger partial charge in [0, 0.05) is 43.1 Å². The summed E-state index contributed by atoms with van der Waals surface area (Å²) in [7, 11) is 2.15. The highest BCUT2D eigenvalue weighted by Gasteiger charge is 2.14. The molecule has 1 aliphatic rings. The molecule has 3 aromatic rings. The Balaban J connectivity index is 1.44. The fraction of sp³-hybridized carbons (Fsp3) is 0.278. The first kappa shape index (κ1) is 15.6. The Morgan fingerprint density at radius 3 is 2.48 bits per heavy atom. The maximum atomic E-state index is 12.4. The average Bonchev–Trinajstić information content (AvgIpc) is 3.11. The molecular formula is C18H20N6O. The molecule has 7 heteroatoms. The van der Waals surface area contributed by atoms with Crippen LogP contribution >= 0.6 is 0 Å². The highest BCUT2D eigenvalue weighted by atomic mass is 16.1. The largest absolute Gasteiger partial charge is 0.369 e. The highest BCUT2D eigenvalue weighted by Crippen LogP contribution is 2.20. The second-order valence-corrected chi connectivity index (χ2v) is 6.32. The molecule has 0 atom stereocenters. The van der Waals surface area contributed by atoms with E-state index in [9.17, 15) is 4.79 Å². The summed E-state index contributed by atoms with van der Waals surface area (Å²) in [4.78, 5) is 17.1. The third kappa shape index (κ3) is 3.32. The average molecular weight is 336 g/mol. The van der Waals surface area contributed by atoms with Crippen molar-refractivity contribution in [1.29, 1.82) is 0 Å². The van der Waals surface area contributed by atoms with Crippen molar-refractivity contribution < 1.29 is 4.79 Å². The van der Waals surface area contributed by atoms with Crippen molar-refractivity contribution in [3.8, 4) is 0 Å². The van der Waals surface area contributed by atoms with Gasteiger partial charge in [0.15, 0.2) is 0 Å². The van der Waals surface area contributed by atoms with Crippen molar-refractivity contribution in [2.24, 2.45) is 0 Å². The zero-order chi connectivity index (χ0) is 17.2. The number of piperazine rings is 1. The van der Waals surface area contributed by atoms with Crippen molar-refractivity contribution in [3.05, 3.63) is 48.0 Å². The molecule has 2 heterocycles. The summed E-state index contributed by atoms with van der Waals surface area (Å²) in [6.45, 7) is 4.20. The van der Waals surface area contributed by atoms with E-state index in [0.29, 0.717) is 11.1 Å². The number of aromatic nitrogens is 3. The van der Waals surface area contributed by atoms with E-state index >= 15 is 0 Å². The molecule has 0 bridgehead atoms. The molecule has 1 fully saturated rings. The van der Waals surface area contributed by atoms with E-state index in [1.807, 2.05) is 12.1 Å². The first-order valence-electron chi connectivity index (χ1n) is 8.34. The Labute approximate surface area is 145 Å². The minimum atomic E-state index is -0.155. The number of nitrogens with zero attached hydrogens (tertiary/aromatic N) is 4. The molecule has 0 radical (unpaired) electrons. The number of amides is 1. The number of carbonyl (C=O) groups excluding carboxylic acids is 1. The van der Waals surface area contributed by atoms with Crippen LogP contribution in [0.2, 0.25) is 0 Å². The van der Waals surface area contributed by atoms with E-state index < -0.39 is 0 Å². The van der Waals surface area contributed by atoms with Gasteiger partial charge in [-0.2, -0.15) is 15.4 Å². The van der Waals surface area contributed by atoms with Crippen molar-refractivity contribution in [1.82, 2.24) is 20.3 Å². The molecule has 1 aromatic heterocycles. The van der Waals surface area contributed by atoms with Crippen LogP contribution in [0.15, 0.2) is 42.5 Å². The highest BCUT2D eigenvalue weighted by molar-refractivity contribution is 6.05. The van der Waals surface area contributed by atoms with Gasteiger partial charge in [0.1, 0.15) is 11.0 Å². The van der Waals surface area contributed by atoms with Crippen molar-refractivity contribution in [3.63, 3.8) is 0 Å². The first-order valence-corrected chi connectivity index (χ1v) is 8.34. The molecule has 0 unspecified atom stereocenters. The number of fused-ring (bicyclic) bond motifs is 1. The number of hydrogen-bond acceptors (Lipinski definition) is 5. The maximum absolute atomic E-state index is 12.4. The lowest BCUT2D eigenvalue weighted by Crippen LogP contribution is -2.44. The van der Waals surface area contributed by atoms with E-state index in [1.165, 1.54) is 5.69 Å². The molecule has 25 heavy (non-hydrogen) atoms. The Kier molecular flexibility index (Phi) is 4.07. The minimum absolute atomic E-state index is 0.155. The van der Waals surface area contributed by atoms with Crippen LogP contribution in [0.5, 0.6) is 0 Å². The number of carbonyl (C=O) groups is 1. The predicted molar refractivity (Wildman–Crippen MR) is 98.0 cm³/mol. The van der Waals surface area contributed by atoms with Gasteiger partial charge >= 0.3 is 0 Å². The summed E-state index contributed by atoms with van der Waals surface area (Å²) in [5, 5.41) is 13.5. The second kappa shape index (κ2) is 6.52. The lowest BCUT2D eigenvalue weighted by molar-refractivity contribution is 0.102. The smallest absolute Gasteiger partial charge is 0.255 e. The van der Waals surface area contributed by atoms with Gasteiger partial charge in [-0.25, -0.2) is 0 Å². The molecule has 2 aromatic carbocycles. The summed E-state index contributed by atoms with van der Waals surface area (Å²) >= 11 is 0. The topological polar surface area (TPSA) is 77.1 Å². The Bertz CT molecular complexity index is 880. The SMILES string of the molecule is CN1CCN(c2ccc(NC(=O)c3ccc4n[nH]nc4c3)cc2)CC1. The van der Waals surface area contributed by atoms with Gasteiger partial charge in [-0.3, -0.25) is 4.79 Å². The molecule has 4 rings (SSSR count). The van der Waals surface area contributed by atoms with Crippen molar-refractivity contribution in [2.75, 3.05) is 43.4 Å². The van der Waals surface area contributed by atoms with Crippen LogP contribution in [-0.4, -0.2) is 59.4 Å². The normalized spacial score (nSPS) is 15.5. The molecule has 1 amide bonds. The first-order chi connectivity index (χ1) is 12.2. The monoisotopic (exact) mass is 336 g/mol. The molecule has 0 aliphatic carbocycles. The Hall–Kier alpha value is -2.93. The van der Waals surface area contributed by atoms with E-state index in [2.05, 4.69) is 49.7 Å². The number of likely N-dealkylation sites (N-methyl/N-ethyl adjacent to an activating group) is 1. The number of aromatic amines is 1. The molecule has 0 saturated carbocycles. The van der Waals surface area contributed by atoms with Crippen LogP contribution in [0.25, 0.3) is 11.0 Å². The third-order valence-corrected chi connectivity index (χ3v) is 4.57. The summed E-state index contributed by atoms with van der Waals surface area (Å²) in [5.74, 6) is -0.155. The summed E-state index contributed by atoms with van der Waals surface area (Å²) < 4.78 is 0. The van der Waals surface area contributed by atoms with Crippen LogP contribution in [0.3, 0.4) is 0 Å². The fourth-order valence-corrected chi connectivity index (χ4v) is 3.00. The van der Waals surface area contributed by atoms with E-state index in [4.69, 9.17) is 0 Å². The number of nitrogens with one attached hydrogen (secondary N) is 2. The molecule has 0 spiro atoms. The molecular weight excluding hydrogens is 316 g/mol. The number of anilines is 2. The van der Waals surface area contributed by atoms with Gasteiger partial charge in [0.2, 0.25) is 0 Å². The lowest BCUT2D eigenvalue weighted by atomic mass is 10.1. The quantitative estimate of drug-likeness (QED) is 0.765. The zero-order valence-electron chi connectivity index (χ0n) is 14.1. The fourth-order valence-electron chi connectivity index (χ4n) is 3.00. The van der Waals surface area contributed by atoms with Crippen LogP contribution in [0.4, 0.5) is 11.4 Å². The summed E-state index contributed by atoms with van der Waals surface area (Å²) in [6, 6.07) is 13.3. The summed E-state index contributed by atoms with van der Waals surface area (Å²) in [5.41, 5.74) is 3.95. The number of rotatable bonds is 3. The van der Waals surface area contributed by atoms with Gasteiger partial charge in [-0.1, -0.05) is 0 Å². The molecule has 7 nitrogen and oxygen atoms in total. The number of benzene rings is 2. The van der Waals surface area contributed by atoms with Crippen LogP contribution in [0.1, 0.15) is 10.4 Å². The van der Waals surface area contributed by atoms with E-state index in [1.54, 1.807) is 18.2 Å². The molecule has 1 aliphatic heterocycles. The van der Waals surface area contributed by atoms with Crippen molar-refractivity contribution in [2.45, 2.75) is 0 Å². The van der Waals surface area contributed by atoms with Crippen LogP contribution in [0, 0.1) is 0 Å². The zero-order valence-corrected chi connectivity index (χ0v) is 14.1. The van der Waals surface area contributed by atoms with Crippen LogP contribution < -0.4 is 10.2 Å². The van der Waals surface area contributed by atoms with E-state index in [-0.39, 0.29) is 5.91 Å². The summed E-state index contributed by atoms with van der Waals surface area (Å²) in [6.07, 6.45) is 0. The predicted octanol–water partition coefficient (Wildman–Crippen LogP) is 1.96. The molecule has 2 N–H and O–H groups in total. The van der Waals surface area contributed by atoms with Gasteiger partial charge in [0.25, 0.3) is 5.91 Å². The second-order valence-electron chi connectivity index (χ2n) is 6.32. The van der Waals surface area contributed by atoms with E-state index in [0.717, 1.165) is 37.4 Å². The van der Waals surface area contributed by atoms with Crippen molar-refractivity contribution >= 4 is 28.3 Å². The lowest BCUT2D eigenvalue weighted by Gasteiger charge is -2.34. The van der Waals surface area contributed by atoms with Gasteiger partial charge in [-0.15, -0.1) is 0 Å². The van der Waals surface area contributed by atoms with Gasteiger partial charge in [-0.05, 0) is 49.5 Å². The van der Waals surface area contributed by atoms with Crippen LogP contribution in [-0.2, 0) is 0 Å². The maximum Gasteiger partial charge on any atom is 0.255 e. The Morgan fingerprint density at radius 1 is 1.00 bits per heavy atom. The number of hydrogen-bond donors (Lipinski definition) is 2.